The van der Waals surface area contributed by atoms with Crippen molar-refractivity contribution >= 4 is 22.4 Å². The summed E-state index contributed by atoms with van der Waals surface area (Å²) in [5.41, 5.74) is 8.56. The van der Waals surface area contributed by atoms with Gasteiger partial charge in [-0.05, 0) is 35.3 Å². The monoisotopic (exact) mass is 220 g/mol. The molecule has 5 nitrogen and oxygen atoms in total. The van der Waals surface area contributed by atoms with E-state index < -0.39 is 0 Å². The van der Waals surface area contributed by atoms with Crippen LogP contribution in [-0.4, -0.2) is 16.4 Å². The Balaban J connectivity index is 2.38. The van der Waals surface area contributed by atoms with Crippen molar-refractivity contribution in [3.8, 4) is 0 Å². The first kappa shape index (κ1) is 10.7. The summed E-state index contributed by atoms with van der Waals surface area (Å²) in [6.07, 6.45) is 0. The Hall–Kier alpha value is -1.78. The number of rotatable bonds is 3. The predicted octanol–water partition coefficient (Wildman–Crippen LogP) is 2.26. The molecule has 0 radical (unpaired) electrons. The highest BCUT2D eigenvalue weighted by molar-refractivity contribution is 5.95. The summed E-state index contributed by atoms with van der Waals surface area (Å²) in [4.78, 5) is 0. The van der Waals surface area contributed by atoms with Gasteiger partial charge in [0, 0.05) is 6.04 Å². The molecule has 0 spiro atoms. The summed E-state index contributed by atoms with van der Waals surface area (Å²) in [5, 5.41) is 11.0. The van der Waals surface area contributed by atoms with Crippen molar-refractivity contribution in [1.82, 2.24) is 10.3 Å². The molecule has 5 heteroatoms. The van der Waals surface area contributed by atoms with E-state index in [0.717, 1.165) is 5.69 Å². The molecule has 0 bridgehead atoms. The van der Waals surface area contributed by atoms with Crippen LogP contribution >= 0.6 is 0 Å². The zero-order chi connectivity index (χ0) is 11.7. The molecule has 2 aromatic rings. The Morgan fingerprint density at radius 1 is 1.19 bits per heavy atom. The number of benzene rings is 1. The van der Waals surface area contributed by atoms with Crippen LogP contribution in [0.3, 0.4) is 0 Å². The van der Waals surface area contributed by atoms with Crippen LogP contribution in [0.15, 0.2) is 16.8 Å². The highest BCUT2D eigenvalue weighted by Gasteiger charge is 2.13. The molecule has 1 unspecified atom stereocenters. The van der Waals surface area contributed by atoms with Crippen LogP contribution in [0.4, 0.5) is 11.4 Å². The molecule has 1 aromatic carbocycles. The molecule has 1 atom stereocenters. The third-order valence-electron chi connectivity index (χ3n) is 2.83. The van der Waals surface area contributed by atoms with Gasteiger partial charge in [-0.25, -0.2) is 4.63 Å². The number of nitrogens with zero attached hydrogens (tertiary/aromatic N) is 2. The maximum Gasteiger partial charge on any atom is 0.160 e. The number of aromatic nitrogens is 2. The molecular formula is C11H16N4O. The Bertz CT molecular complexity index is 492. The van der Waals surface area contributed by atoms with Crippen molar-refractivity contribution < 1.29 is 4.63 Å². The number of hydrogen-bond donors (Lipinski definition) is 2. The van der Waals surface area contributed by atoms with E-state index in [9.17, 15) is 0 Å². The van der Waals surface area contributed by atoms with Gasteiger partial charge in [-0.15, -0.1) is 0 Å². The molecule has 0 aliphatic rings. The van der Waals surface area contributed by atoms with Crippen molar-refractivity contribution in [3.63, 3.8) is 0 Å². The van der Waals surface area contributed by atoms with Crippen LogP contribution in [0.1, 0.15) is 20.8 Å². The van der Waals surface area contributed by atoms with E-state index in [-0.39, 0.29) is 0 Å². The van der Waals surface area contributed by atoms with Crippen LogP contribution in [-0.2, 0) is 0 Å². The number of anilines is 2. The lowest BCUT2D eigenvalue weighted by atomic mass is 10.1. The second kappa shape index (κ2) is 4.00. The minimum atomic E-state index is 0.350. The van der Waals surface area contributed by atoms with Crippen molar-refractivity contribution in [1.29, 1.82) is 0 Å². The summed E-state index contributed by atoms with van der Waals surface area (Å²) < 4.78 is 4.71. The van der Waals surface area contributed by atoms with Gasteiger partial charge in [-0.1, -0.05) is 13.8 Å². The summed E-state index contributed by atoms with van der Waals surface area (Å²) in [5.74, 6) is 0.535. The normalized spacial score (nSPS) is 13.2. The van der Waals surface area contributed by atoms with Gasteiger partial charge in [-0.2, -0.15) is 0 Å². The molecule has 0 saturated heterocycles. The number of nitrogens with two attached hydrogens (primary N) is 1. The second-order valence-electron chi connectivity index (χ2n) is 4.34. The maximum atomic E-state index is 5.77. The zero-order valence-corrected chi connectivity index (χ0v) is 9.69. The van der Waals surface area contributed by atoms with Crippen molar-refractivity contribution in [2.75, 3.05) is 11.1 Å². The summed E-state index contributed by atoms with van der Waals surface area (Å²) in [7, 11) is 0. The molecule has 0 saturated carbocycles. The van der Waals surface area contributed by atoms with Crippen LogP contribution in [0.5, 0.6) is 0 Å². The van der Waals surface area contributed by atoms with Crippen molar-refractivity contribution in [3.05, 3.63) is 12.1 Å². The minimum Gasteiger partial charge on any atom is -0.397 e. The van der Waals surface area contributed by atoms with Crippen LogP contribution < -0.4 is 11.1 Å². The van der Waals surface area contributed by atoms with Gasteiger partial charge < -0.3 is 11.1 Å². The molecule has 1 aromatic heterocycles. The summed E-state index contributed by atoms with van der Waals surface area (Å²) in [6.45, 7) is 6.45. The molecule has 3 N–H and O–H groups in total. The zero-order valence-electron chi connectivity index (χ0n) is 9.69. The van der Waals surface area contributed by atoms with Gasteiger partial charge in [0.1, 0.15) is 0 Å². The summed E-state index contributed by atoms with van der Waals surface area (Å²) >= 11 is 0. The van der Waals surface area contributed by atoms with E-state index in [4.69, 9.17) is 10.4 Å². The van der Waals surface area contributed by atoms with Crippen LogP contribution in [0.25, 0.3) is 11.0 Å². The Labute approximate surface area is 94.0 Å². The van der Waals surface area contributed by atoms with Gasteiger partial charge in [-0.3, -0.25) is 0 Å². The predicted molar refractivity (Wildman–Crippen MR) is 64.1 cm³/mol. The van der Waals surface area contributed by atoms with Gasteiger partial charge >= 0.3 is 0 Å². The molecule has 0 aliphatic carbocycles. The third kappa shape index (κ3) is 1.80. The Morgan fingerprint density at radius 2 is 1.88 bits per heavy atom. The Morgan fingerprint density at radius 3 is 2.56 bits per heavy atom. The smallest absolute Gasteiger partial charge is 0.160 e. The molecule has 0 amide bonds. The van der Waals surface area contributed by atoms with Crippen molar-refractivity contribution in [2.24, 2.45) is 5.92 Å². The Kier molecular flexibility index (Phi) is 2.68. The number of nitrogens with one attached hydrogen (secondary N) is 1. The first-order valence-electron chi connectivity index (χ1n) is 5.37. The fourth-order valence-electron chi connectivity index (χ4n) is 1.41. The molecule has 1 heterocycles. The van der Waals surface area contributed by atoms with E-state index in [1.165, 1.54) is 0 Å². The molecule has 86 valence electrons. The highest BCUT2D eigenvalue weighted by atomic mass is 16.6. The van der Waals surface area contributed by atoms with E-state index >= 15 is 0 Å². The summed E-state index contributed by atoms with van der Waals surface area (Å²) in [6, 6.07) is 4.06. The molecule has 0 fully saturated rings. The highest BCUT2D eigenvalue weighted by Crippen LogP contribution is 2.26. The lowest BCUT2D eigenvalue weighted by molar-refractivity contribution is 0.315. The fraction of sp³-hybridized carbons (Fsp3) is 0.455. The largest absolute Gasteiger partial charge is 0.397 e. The SMILES string of the molecule is CC(C)C(C)Nc1ccc(N)c2nonc12. The number of nitrogen functional groups attached to an aromatic ring is 1. The third-order valence-corrected chi connectivity index (χ3v) is 2.83. The van der Waals surface area contributed by atoms with Gasteiger partial charge in [0.25, 0.3) is 0 Å². The lowest BCUT2D eigenvalue weighted by Gasteiger charge is -2.18. The average Bonchev–Trinajstić information content (AvgIpc) is 2.71. The average molecular weight is 220 g/mol. The first-order chi connectivity index (χ1) is 7.59. The first-order valence-corrected chi connectivity index (χ1v) is 5.37. The number of fused-ring (bicyclic) bond motifs is 1. The van der Waals surface area contributed by atoms with Crippen LogP contribution in [0, 0.1) is 5.92 Å². The number of hydrogen-bond acceptors (Lipinski definition) is 5. The molecular weight excluding hydrogens is 204 g/mol. The molecule has 16 heavy (non-hydrogen) atoms. The van der Waals surface area contributed by atoms with Gasteiger partial charge in [0.15, 0.2) is 11.0 Å². The lowest BCUT2D eigenvalue weighted by Crippen LogP contribution is -2.21. The quantitative estimate of drug-likeness (QED) is 0.776. The van der Waals surface area contributed by atoms with E-state index in [2.05, 4.69) is 36.4 Å². The van der Waals surface area contributed by atoms with Gasteiger partial charge in [0.2, 0.25) is 0 Å². The molecule has 2 rings (SSSR count). The van der Waals surface area contributed by atoms with E-state index in [1.807, 2.05) is 12.1 Å². The standard InChI is InChI=1S/C11H16N4O/c1-6(2)7(3)13-9-5-4-8(12)10-11(9)15-16-14-10/h4-7,13H,12H2,1-3H3. The topological polar surface area (TPSA) is 77.0 Å². The van der Waals surface area contributed by atoms with E-state index in [1.54, 1.807) is 0 Å². The molecule has 0 aliphatic heterocycles. The second-order valence-corrected chi connectivity index (χ2v) is 4.34. The maximum absolute atomic E-state index is 5.77. The van der Waals surface area contributed by atoms with Gasteiger partial charge in [0.05, 0.1) is 11.4 Å². The van der Waals surface area contributed by atoms with Crippen LogP contribution in [0.2, 0.25) is 0 Å². The fourth-order valence-corrected chi connectivity index (χ4v) is 1.41. The van der Waals surface area contributed by atoms with Crippen molar-refractivity contribution in [2.45, 2.75) is 26.8 Å². The van der Waals surface area contributed by atoms with E-state index in [0.29, 0.717) is 28.7 Å². The minimum absolute atomic E-state index is 0.350.